The molecule has 0 atom stereocenters. The number of nitrogens with one attached hydrogen (secondary N) is 1. The fourth-order valence-electron chi connectivity index (χ4n) is 2.22. The molecule has 114 valence electrons. The highest BCUT2D eigenvalue weighted by Gasteiger charge is 2.16. The molecule has 2 aromatic rings. The predicted molar refractivity (Wildman–Crippen MR) is 83.1 cm³/mol. The van der Waals surface area contributed by atoms with E-state index in [9.17, 15) is 14.7 Å². The summed E-state index contributed by atoms with van der Waals surface area (Å²) >= 11 is 0. The van der Waals surface area contributed by atoms with Crippen molar-refractivity contribution in [3.63, 3.8) is 0 Å². The van der Waals surface area contributed by atoms with Gasteiger partial charge in [-0.25, -0.2) is 9.59 Å². The number of rotatable bonds is 4. The molecule has 2 aromatic carbocycles. The second-order valence-electron chi connectivity index (χ2n) is 5.00. The number of anilines is 1. The largest absolute Gasteiger partial charge is 0.478 e. The van der Waals surface area contributed by atoms with E-state index in [1.54, 1.807) is 19.1 Å². The molecule has 0 aromatic heterocycles. The van der Waals surface area contributed by atoms with Gasteiger partial charge in [-0.3, -0.25) is 5.32 Å². The van der Waals surface area contributed by atoms with Crippen molar-refractivity contribution in [2.45, 2.75) is 20.5 Å². The molecule has 22 heavy (non-hydrogen) atoms. The third-order valence-corrected chi connectivity index (χ3v) is 3.14. The van der Waals surface area contributed by atoms with Gasteiger partial charge >= 0.3 is 12.1 Å². The van der Waals surface area contributed by atoms with Crippen molar-refractivity contribution in [3.8, 4) is 0 Å². The normalized spacial score (nSPS) is 10.1. The molecular formula is C17H17NO4. The first-order valence-electron chi connectivity index (χ1n) is 6.79. The second-order valence-corrected chi connectivity index (χ2v) is 5.00. The van der Waals surface area contributed by atoms with Gasteiger partial charge in [0.1, 0.15) is 6.61 Å². The number of hydrogen-bond acceptors (Lipinski definition) is 3. The lowest BCUT2D eigenvalue weighted by Crippen LogP contribution is -2.17. The SMILES string of the molecule is Cc1cc(C)c(C(=O)O)c(NC(=O)OCc2ccccc2)c1. The predicted octanol–water partition coefficient (Wildman–Crippen LogP) is 3.75. The maximum absolute atomic E-state index is 11.9. The second kappa shape index (κ2) is 6.76. The number of carboxylic acids is 1. The Balaban J connectivity index is 2.10. The molecule has 2 rings (SSSR count). The number of benzene rings is 2. The molecule has 0 aliphatic rings. The van der Waals surface area contributed by atoms with Crippen LogP contribution in [0.1, 0.15) is 27.0 Å². The molecule has 0 aliphatic carbocycles. The third kappa shape index (κ3) is 3.85. The van der Waals surface area contributed by atoms with E-state index in [1.807, 2.05) is 37.3 Å². The summed E-state index contributed by atoms with van der Waals surface area (Å²) in [6.07, 6.45) is -0.684. The molecule has 2 N–H and O–H groups in total. The van der Waals surface area contributed by atoms with Gasteiger partial charge in [-0.1, -0.05) is 36.4 Å². The molecule has 0 spiro atoms. The first-order valence-corrected chi connectivity index (χ1v) is 6.79. The molecule has 0 saturated heterocycles. The summed E-state index contributed by atoms with van der Waals surface area (Å²) in [7, 11) is 0. The van der Waals surface area contributed by atoms with Crippen LogP contribution in [0.3, 0.4) is 0 Å². The van der Waals surface area contributed by atoms with Crippen LogP contribution in [0.5, 0.6) is 0 Å². The van der Waals surface area contributed by atoms with Crippen LogP contribution in [-0.2, 0) is 11.3 Å². The Bertz CT molecular complexity index is 695. The summed E-state index contributed by atoms with van der Waals surface area (Å²) in [4.78, 5) is 23.2. The number of carboxylic acid groups (broad SMARTS) is 1. The van der Waals surface area contributed by atoms with Crippen LogP contribution in [0.15, 0.2) is 42.5 Å². The number of amides is 1. The van der Waals surface area contributed by atoms with E-state index in [1.165, 1.54) is 0 Å². The van der Waals surface area contributed by atoms with Gasteiger partial charge in [0, 0.05) is 0 Å². The molecule has 0 unspecified atom stereocenters. The van der Waals surface area contributed by atoms with E-state index >= 15 is 0 Å². The number of aryl methyl sites for hydroxylation is 2. The van der Waals surface area contributed by atoms with E-state index in [0.29, 0.717) is 5.56 Å². The zero-order valence-electron chi connectivity index (χ0n) is 12.4. The minimum absolute atomic E-state index is 0.0715. The van der Waals surface area contributed by atoms with Crippen molar-refractivity contribution in [1.29, 1.82) is 0 Å². The lowest BCUT2D eigenvalue weighted by Gasteiger charge is -2.12. The van der Waals surface area contributed by atoms with E-state index in [2.05, 4.69) is 5.32 Å². The summed E-state index contributed by atoms with van der Waals surface area (Å²) in [6, 6.07) is 12.6. The van der Waals surface area contributed by atoms with Crippen LogP contribution in [0.4, 0.5) is 10.5 Å². The van der Waals surface area contributed by atoms with Crippen LogP contribution >= 0.6 is 0 Å². The summed E-state index contributed by atoms with van der Waals surface area (Å²) in [6.45, 7) is 3.65. The van der Waals surface area contributed by atoms with Crippen molar-refractivity contribution >= 4 is 17.7 Å². The quantitative estimate of drug-likeness (QED) is 0.901. The Labute approximate surface area is 128 Å². The van der Waals surface area contributed by atoms with Gasteiger partial charge in [-0.05, 0) is 36.6 Å². The average Bonchev–Trinajstić information content (AvgIpc) is 2.45. The number of aromatic carboxylic acids is 1. The summed E-state index contributed by atoms with van der Waals surface area (Å²) in [5.41, 5.74) is 2.62. The van der Waals surface area contributed by atoms with E-state index in [0.717, 1.165) is 11.1 Å². The van der Waals surface area contributed by atoms with Gasteiger partial charge in [0.2, 0.25) is 0 Å². The molecule has 0 saturated carbocycles. The van der Waals surface area contributed by atoms with E-state index in [4.69, 9.17) is 4.74 Å². The van der Waals surface area contributed by atoms with Crippen molar-refractivity contribution in [2.24, 2.45) is 0 Å². The van der Waals surface area contributed by atoms with Crippen molar-refractivity contribution in [1.82, 2.24) is 0 Å². The Morgan fingerprint density at radius 3 is 2.45 bits per heavy atom. The number of carbonyl (C=O) groups excluding carboxylic acids is 1. The molecule has 0 bridgehead atoms. The van der Waals surface area contributed by atoms with Crippen LogP contribution < -0.4 is 5.32 Å². The van der Waals surface area contributed by atoms with Gasteiger partial charge in [0.25, 0.3) is 0 Å². The highest BCUT2D eigenvalue weighted by molar-refractivity contribution is 6.00. The molecule has 5 heteroatoms. The van der Waals surface area contributed by atoms with Gasteiger partial charge in [0.05, 0.1) is 11.3 Å². The molecule has 5 nitrogen and oxygen atoms in total. The molecule has 0 fully saturated rings. The van der Waals surface area contributed by atoms with Crippen LogP contribution in [0, 0.1) is 13.8 Å². The lowest BCUT2D eigenvalue weighted by molar-refractivity contribution is 0.0697. The number of ether oxygens (including phenoxy) is 1. The minimum atomic E-state index is -1.09. The first kappa shape index (κ1) is 15.6. The third-order valence-electron chi connectivity index (χ3n) is 3.14. The molecule has 0 radical (unpaired) electrons. The monoisotopic (exact) mass is 299 g/mol. The van der Waals surface area contributed by atoms with Crippen LogP contribution in [0.2, 0.25) is 0 Å². The van der Waals surface area contributed by atoms with Crippen LogP contribution in [-0.4, -0.2) is 17.2 Å². The summed E-state index contributed by atoms with van der Waals surface area (Å²) in [5.74, 6) is -1.09. The number of hydrogen-bond donors (Lipinski definition) is 2. The Morgan fingerprint density at radius 2 is 1.82 bits per heavy atom. The standard InChI is InChI=1S/C17H17NO4/c1-11-8-12(2)15(16(19)20)14(9-11)18-17(21)22-10-13-6-4-3-5-7-13/h3-9H,10H2,1-2H3,(H,18,21)(H,19,20). The Hall–Kier alpha value is -2.82. The fourth-order valence-corrected chi connectivity index (χ4v) is 2.22. The topological polar surface area (TPSA) is 75.6 Å². The minimum Gasteiger partial charge on any atom is -0.478 e. The van der Waals surface area contributed by atoms with Crippen molar-refractivity contribution < 1.29 is 19.4 Å². The van der Waals surface area contributed by atoms with Gasteiger partial charge in [-0.15, -0.1) is 0 Å². The Morgan fingerprint density at radius 1 is 1.14 bits per heavy atom. The number of carbonyl (C=O) groups is 2. The van der Waals surface area contributed by atoms with Crippen molar-refractivity contribution in [3.05, 3.63) is 64.7 Å². The smallest absolute Gasteiger partial charge is 0.411 e. The van der Waals surface area contributed by atoms with E-state index < -0.39 is 12.1 Å². The maximum atomic E-state index is 11.9. The van der Waals surface area contributed by atoms with Gasteiger partial charge in [-0.2, -0.15) is 0 Å². The molecule has 0 heterocycles. The fraction of sp³-hybridized carbons (Fsp3) is 0.176. The maximum Gasteiger partial charge on any atom is 0.411 e. The summed E-state index contributed by atoms with van der Waals surface area (Å²) < 4.78 is 5.10. The average molecular weight is 299 g/mol. The zero-order valence-corrected chi connectivity index (χ0v) is 12.4. The lowest BCUT2D eigenvalue weighted by atomic mass is 10.0. The molecule has 1 amide bonds. The van der Waals surface area contributed by atoms with E-state index in [-0.39, 0.29) is 17.9 Å². The van der Waals surface area contributed by atoms with Crippen molar-refractivity contribution in [2.75, 3.05) is 5.32 Å². The van der Waals surface area contributed by atoms with Gasteiger partial charge in [0.15, 0.2) is 0 Å². The molecule has 0 aliphatic heterocycles. The molecular weight excluding hydrogens is 282 g/mol. The van der Waals surface area contributed by atoms with Crippen LogP contribution in [0.25, 0.3) is 0 Å². The van der Waals surface area contributed by atoms with Gasteiger partial charge < -0.3 is 9.84 Å². The highest BCUT2D eigenvalue weighted by Crippen LogP contribution is 2.22. The first-order chi connectivity index (χ1) is 10.5. The zero-order chi connectivity index (χ0) is 16.1. The Kier molecular flexibility index (Phi) is 4.78. The summed E-state index contributed by atoms with van der Waals surface area (Å²) in [5, 5.41) is 11.8. The highest BCUT2D eigenvalue weighted by atomic mass is 16.5.